The van der Waals surface area contributed by atoms with E-state index in [9.17, 15) is 9.59 Å². The van der Waals surface area contributed by atoms with Crippen LogP contribution in [0.2, 0.25) is 5.15 Å². The smallest absolute Gasteiger partial charge is 0.323 e. The fourth-order valence-electron chi connectivity index (χ4n) is 1.54. The number of carbonyl (C=O) groups is 2. The highest BCUT2D eigenvalue weighted by atomic mass is 35.5. The molecule has 0 bridgehead atoms. The van der Waals surface area contributed by atoms with Crippen molar-refractivity contribution in [1.82, 2.24) is 9.88 Å². The molecule has 0 aliphatic carbocycles. The quantitative estimate of drug-likeness (QED) is 0.830. The van der Waals surface area contributed by atoms with Crippen LogP contribution in [0.5, 0.6) is 0 Å². The number of pyridine rings is 1. The Balaban J connectivity index is 2.95. The second kappa shape index (κ2) is 6.35. The Labute approximate surface area is 110 Å². The van der Waals surface area contributed by atoms with Gasteiger partial charge in [-0.05, 0) is 18.1 Å². The molecule has 0 aliphatic rings. The van der Waals surface area contributed by atoms with E-state index in [2.05, 4.69) is 4.98 Å². The van der Waals surface area contributed by atoms with Crippen molar-refractivity contribution in [3.05, 3.63) is 29.0 Å². The minimum absolute atomic E-state index is 0.0849. The van der Waals surface area contributed by atoms with E-state index in [0.717, 1.165) is 0 Å². The first-order valence-corrected chi connectivity index (χ1v) is 5.91. The largest absolute Gasteiger partial charge is 0.480 e. The summed E-state index contributed by atoms with van der Waals surface area (Å²) in [6, 6.07) is 3.13. The molecule has 0 saturated heterocycles. The van der Waals surface area contributed by atoms with Gasteiger partial charge in [0.15, 0.2) is 0 Å². The number of carboxylic acids is 1. The topological polar surface area (TPSA) is 70.5 Å². The third-order valence-electron chi connectivity index (χ3n) is 2.19. The summed E-state index contributed by atoms with van der Waals surface area (Å²) >= 11 is 5.83. The summed E-state index contributed by atoms with van der Waals surface area (Å²) in [6.45, 7) is 3.83. The lowest BCUT2D eigenvalue weighted by Gasteiger charge is -2.22. The predicted molar refractivity (Wildman–Crippen MR) is 67.6 cm³/mol. The van der Waals surface area contributed by atoms with E-state index >= 15 is 0 Å². The number of aromatic nitrogens is 1. The number of nitrogens with zero attached hydrogens (tertiary/aromatic N) is 2. The third-order valence-corrected chi connectivity index (χ3v) is 2.49. The average Bonchev–Trinajstić information content (AvgIpc) is 2.26. The summed E-state index contributed by atoms with van der Waals surface area (Å²) in [4.78, 5) is 28.0. The molecule has 1 aromatic heterocycles. The number of carboxylic acid groups (broad SMARTS) is 1. The van der Waals surface area contributed by atoms with Gasteiger partial charge in [0.05, 0.1) is 5.56 Å². The molecule has 1 amide bonds. The van der Waals surface area contributed by atoms with Crippen LogP contribution in [-0.2, 0) is 4.79 Å². The summed E-state index contributed by atoms with van der Waals surface area (Å²) < 4.78 is 0. The molecular weight excluding hydrogens is 256 g/mol. The Morgan fingerprint density at radius 3 is 2.67 bits per heavy atom. The van der Waals surface area contributed by atoms with Crippen LogP contribution in [0.25, 0.3) is 0 Å². The molecule has 0 unspecified atom stereocenters. The summed E-state index contributed by atoms with van der Waals surface area (Å²) in [5.74, 6) is -1.29. The maximum atomic E-state index is 12.2. The van der Waals surface area contributed by atoms with Gasteiger partial charge in [-0.1, -0.05) is 25.4 Å². The van der Waals surface area contributed by atoms with Crippen LogP contribution in [0.15, 0.2) is 18.3 Å². The van der Waals surface area contributed by atoms with Crippen molar-refractivity contribution in [2.45, 2.75) is 13.8 Å². The van der Waals surface area contributed by atoms with Gasteiger partial charge in [-0.25, -0.2) is 4.98 Å². The van der Waals surface area contributed by atoms with Crippen LogP contribution in [0.3, 0.4) is 0 Å². The van der Waals surface area contributed by atoms with E-state index in [0.29, 0.717) is 6.54 Å². The summed E-state index contributed by atoms with van der Waals surface area (Å²) in [6.07, 6.45) is 1.48. The minimum Gasteiger partial charge on any atom is -0.480 e. The highest BCUT2D eigenvalue weighted by molar-refractivity contribution is 6.32. The van der Waals surface area contributed by atoms with Crippen LogP contribution < -0.4 is 0 Å². The van der Waals surface area contributed by atoms with Crippen molar-refractivity contribution in [3.8, 4) is 0 Å². The lowest BCUT2D eigenvalue weighted by Crippen LogP contribution is -2.38. The van der Waals surface area contributed by atoms with Crippen LogP contribution in [-0.4, -0.2) is 40.0 Å². The number of aliphatic carboxylic acids is 1. The van der Waals surface area contributed by atoms with Crippen molar-refractivity contribution in [3.63, 3.8) is 0 Å². The van der Waals surface area contributed by atoms with Gasteiger partial charge in [0.1, 0.15) is 11.7 Å². The van der Waals surface area contributed by atoms with E-state index in [1.165, 1.54) is 17.2 Å². The molecule has 0 spiro atoms. The van der Waals surface area contributed by atoms with Crippen molar-refractivity contribution < 1.29 is 14.7 Å². The SMILES string of the molecule is CC(C)CN(CC(=O)O)C(=O)c1cccnc1Cl. The molecule has 1 aromatic rings. The molecule has 5 nitrogen and oxygen atoms in total. The molecule has 0 fully saturated rings. The zero-order chi connectivity index (χ0) is 13.7. The number of hydrogen-bond acceptors (Lipinski definition) is 3. The molecule has 1 heterocycles. The van der Waals surface area contributed by atoms with Crippen molar-refractivity contribution >= 4 is 23.5 Å². The van der Waals surface area contributed by atoms with Gasteiger partial charge in [0.2, 0.25) is 0 Å². The van der Waals surface area contributed by atoms with Crippen LogP contribution >= 0.6 is 11.6 Å². The molecular formula is C12H15ClN2O3. The van der Waals surface area contributed by atoms with Crippen molar-refractivity contribution in [2.24, 2.45) is 5.92 Å². The number of carbonyl (C=O) groups excluding carboxylic acids is 1. The minimum atomic E-state index is -1.05. The van der Waals surface area contributed by atoms with Gasteiger partial charge in [0, 0.05) is 12.7 Å². The fraction of sp³-hybridized carbons (Fsp3) is 0.417. The van der Waals surface area contributed by atoms with E-state index in [-0.39, 0.29) is 23.2 Å². The summed E-state index contributed by atoms with van der Waals surface area (Å²) in [5.41, 5.74) is 0.223. The van der Waals surface area contributed by atoms with Gasteiger partial charge in [-0.2, -0.15) is 0 Å². The maximum Gasteiger partial charge on any atom is 0.323 e. The summed E-state index contributed by atoms with van der Waals surface area (Å²) in [5, 5.41) is 8.90. The Hall–Kier alpha value is -1.62. The molecule has 18 heavy (non-hydrogen) atoms. The highest BCUT2D eigenvalue weighted by Gasteiger charge is 2.21. The number of hydrogen-bond donors (Lipinski definition) is 1. The lowest BCUT2D eigenvalue weighted by atomic mass is 10.1. The molecule has 0 atom stereocenters. The number of halogens is 1. The standard InChI is InChI=1S/C12H15ClN2O3/c1-8(2)6-15(7-10(16)17)12(18)9-4-3-5-14-11(9)13/h3-5,8H,6-7H2,1-2H3,(H,16,17). The maximum absolute atomic E-state index is 12.2. The molecule has 1 N–H and O–H groups in total. The number of amides is 1. The molecule has 1 rings (SSSR count). The van der Waals surface area contributed by atoms with Crippen LogP contribution in [0, 0.1) is 5.92 Å². The van der Waals surface area contributed by atoms with Crippen LogP contribution in [0.4, 0.5) is 0 Å². The molecule has 0 aliphatic heterocycles. The number of rotatable bonds is 5. The first kappa shape index (κ1) is 14.4. The average molecular weight is 271 g/mol. The zero-order valence-corrected chi connectivity index (χ0v) is 11.0. The van der Waals surface area contributed by atoms with Crippen molar-refractivity contribution in [1.29, 1.82) is 0 Å². The third kappa shape index (κ3) is 4.00. The van der Waals surface area contributed by atoms with E-state index in [1.807, 2.05) is 13.8 Å². The second-order valence-corrected chi connectivity index (χ2v) is 4.67. The van der Waals surface area contributed by atoms with Gasteiger partial charge in [0.25, 0.3) is 5.91 Å². The van der Waals surface area contributed by atoms with Gasteiger partial charge < -0.3 is 10.0 Å². The fourth-order valence-corrected chi connectivity index (χ4v) is 1.74. The Kier molecular flexibility index (Phi) is 5.09. The predicted octanol–water partition coefficient (Wildman–Crippen LogP) is 1.92. The van der Waals surface area contributed by atoms with Crippen LogP contribution in [0.1, 0.15) is 24.2 Å². The Morgan fingerprint density at radius 2 is 2.17 bits per heavy atom. The summed E-state index contributed by atoms with van der Waals surface area (Å²) in [7, 11) is 0. The van der Waals surface area contributed by atoms with E-state index < -0.39 is 11.9 Å². The van der Waals surface area contributed by atoms with Gasteiger partial charge in [-0.15, -0.1) is 0 Å². The Bertz CT molecular complexity index is 449. The van der Waals surface area contributed by atoms with Gasteiger partial charge in [-0.3, -0.25) is 9.59 Å². The van der Waals surface area contributed by atoms with Crippen molar-refractivity contribution in [2.75, 3.05) is 13.1 Å². The molecule has 98 valence electrons. The molecule has 0 aromatic carbocycles. The molecule has 0 radical (unpaired) electrons. The monoisotopic (exact) mass is 270 g/mol. The van der Waals surface area contributed by atoms with E-state index in [1.54, 1.807) is 6.07 Å². The molecule has 0 saturated carbocycles. The van der Waals surface area contributed by atoms with Gasteiger partial charge >= 0.3 is 5.97 Å². The van der Waals surface area contributed by atoms with E-state index in [4.69, 9.17) is 16.7 Å². The zero-order valence-electron chi connectivity index (χ0n) is 10.3. The highest BCUT2D eigenvalue weighted by Crippen LogP contribution is 2.15. The second-order valence-electron chi connectivity index (χ2n) is 4.32. The molecule has 6 heteroatoms. The first-order chi connectivity index (χ1) is 8.41. The lowest BCUT2D eigenvalue weighted by molar-refractivity contribution is -0.137. The Morgan fingerprint density at radius 1 is 1.50 bits per heavy atom. The first-order valence-electron chi connectivity index (χ1n) is 5.53. The normalized spacial score (nSPS) is 10.4.